The summed E-state index contributed by atoms with van der Waals surface area (Å²) in [5.74, 6) is 0.702. The number of pyridine rings is 1. The molecule has 4 rings (SSSR count). The van der Waals surface area contributed by atoms with E-state index in [1.165, 1.54) is 6.26 Å². The van der Waals surface area contributed by atoms with Crippen molar-refractivity contribution in [3.8, 4) is 0 Å². The van der Waals surface area contributed by atoms with E-state index in [4.69, 9.17) is 11.6 Å². The van der Waals surface area contributed by atoms with Crippen LogP contribution in [-0.2, 0) is 14.8 Å². The summed E-state index contributed by atoms with van der Waals surface area (Å²) in [6, 6.07) is 9.12. The molecule has 0 spiro atoms. The van der Waals surface area contributed by atoms with E-state index in [2.05, 4.69) is 15.6 Å². The zero-order chi connectivity index (χ0) is 21.3. The Kier molecular flexibility index (Phi) is 5.81. The van der Waals surface area contributed by atoms with Crippen LogP contribution in [0.4, 0.5) is 11.5 Å². The van der Waals surface area contributed by atoms with E-state index < -0.39 is 16.1 Å². The number of nitrogens with one attached hydrogen (secondary N) is 2. The van der Waals surface area contributed by atoms with Crippen molar-refractivity contribution in [2.75, 3.05) is 24.7 Å². The van der Waals surface area contributed by atoms with Crippen LogP contribution < -0.4 is 10.6 Å². The lowest BCUT2D eigenvalue weighted by atomic mass is 9.91. The fourth-order valence-electron chi connectivity index (χ4n) is 4.03. The first-order valence-corrected chi connectivity index (χ1v) is 12.0. The third-order valence-corrected chi connectivity index (χ3v) is 7.01. The Hall–Kier alpha value is -2.42. The van der Waals surface area contributed by atoms with Crippen LogP contribution in [0, 0.1) is 0 Å². The van der Waals surface area contributed by atoms with Crippen LogP contribution in [0.1, 0.15) is 41.5 Å². The van der Waals surface area contributed by atoms with Crippen molar-refractivity contribution in [2.45, 2.75) is 24.8 Å². The van der Waals surface area contributed by atoms with Crippen LogP contribution in [0.5, 0.6) is 0 Å². The predicted octanol–water partition coefficient (Wildman–Crippen LogP) is 3.43. The van der Waals surface area contributed by atoms with Crippen molar-refractivity contribution in [2.24, 2.45) is 0 Å². The first-order valence-electron chi connectivity index (χ1n) is 9.75. The van der Waals surface area contributed by atoms with Gasteiger partial charge in [-0.1, -0.05) is 23.7 Å². The van der Waals surface area contributed by atoms with E-state index in [-0.39, 0.29) is 5.92 Å². The van der Waals surface area contributed by atoms with E-state index in [1.54, 1.807) is 16.6 Å². The molecule has 2 aromatic rings. The summed E-state index contributed by atoms with van der Waals surface area (Å²) in [7, 11) is -3.18. The van der Waals surface area contributed by atoms with Crippen molar-refractivity contribution in [3.63, 3.8) is 0 Å². The molecule has 2 atom stereocenters. The summed E-state index contributed by atoms with van der Waals surface area (Å²) in [6.45, 7) is 1.09. The number of sulfonamides is 1. The second-order valence-electron chi connectivity index (χ2n) is 7.62. The molecule has 1 aromatic heterocycles. The fourth-order valence-corrected chi connectivity index (χ4v) is 5.14. The number of rotatable bonds is 5. The van der Waals surface area contributed by atoms with Crippen molar-refractivity contribution in [1.82, 2.24) is 14.6 Å². The van der Waals surface area contributed by atoms with Gasteiger partial charge in [0.2, 0.25) is 10.0 Å². The van der Waals surface area contributed by atoms with Gasteiger partial charge in [0, 0.05) is 24.3 Å². The third-order valence-electron chi connectivity index (χ3n) is 5.54. The highest BCUT2D eigenvalue weighted by Gasteiger charge is 2.27. The zero-order valence-corrected chi connectivity index (χ0v) is 18.1. The molecule has 1 fully saturated rings. The Morgan fingerprint density at radius 2 is 2.07 bits per heavy atom. The number of fused-ring (bicyclic) bond motifs is 1. The second kappa shape index (κ2) is 8.37. The second-order valence-corrected chi connectivity index (χ2v) is 9.99. The van der Waals surface area contributed by atoms with E-state index in [0.717, 1.165) is 41.5 Å². The van der Waals surface area contributed by atoms with Crippen LogP contribution in [0.2, 0.25) is 5.15 Å². The highest BCUT2D eigenvalue weighted by Crippen LogP contribution is 2.33. The molecule has 2 unspecified atom stereocenters. The van der Waals surface area contributed by atoms with Crippen molar-refractivity contribution >= 4 is 45.5 Å². The van der Waals surface area contributed by atoms with Gasteiger partial charge in [0.15, 0.2) is 0 Å². The first-order chi connectivity index (χ1) is 14.3. The first kappa shape index (κ1) is 20.8. The maximum Gasteiger partial charge on any atom is 0.211 e. The molecule has 0 amide bonds. The lowest BCUT2D eigenvalue weighted by molar-refractivity contribution is -0.109. The minimum atomic E-state index is -3.18. The normalized spacial score (nSPS) is 21.5. The standard InChI is InChI=1S/C21H23ClN4O3S/c1-30(28,29)26-10-2-3-16(12-26)14-4-6-17(7-5-14)24-21-20-15(11-19(22)25-21)8-9-23-18(20)13-27/h4-9,11,13,16,18,23H,2-3,10,12H2,1H3,(H,24,25). The van der Waals surface area contributed by atoms with Crippen LogP contribution in [0.3, 0.4) is 0 Å². The van der Waals surface area contributed by atoms with Gasteiger partial charge < -0.3 is 15.4 Å². The van der Waals surface area contributed by atoms with Gasteiger partial charge >= 0.3 is 0 Å². The number of aromatic nitrogens is 1. The molecular weight excluding hydrogens is 424 g/mol. The molecule has 1 aromatic carbocycles. The molecule has 0 saturated carbocycles. The Morgan fingerprint density at radius 1 is 1.30 bits per heavy atom. The summed E-state index contributed by atoms with van der Waals surface area (Å²) >= 11 is 6.17. The number of piperidine rings is 1. The number of benzene rings is 1. The topological polar surface area (TPSA) is 91.4 Å². The lowest BCUT2D eigenvalue weighted by Crippen LogP contribution is -2.38. The molecule has 1 saturated heterocycles. The van der Waals surface area contributed by atoms with Gasteiger partial charge in [0.25, 0.3) is 0 Å². The molecule has 158 valence electrons. The number of hydrogen-bond acceptors (Lipinski definition) is 6. The van der Waals surface area contributed by atoms with Crippen molar-refractivity contribution in [3.05, 3.63) is 58.4 Å². The quantitative estimate of drug-likeness (QED) is 0.540. The maximum absolute atomic E-state index is 11.9. The average Bonchev–Trinajstić information content (AvgIpc) is 2.73. The molecule has 9 heteroatoms. The lowest BCUT2D eigenvalue weighted by Gasteiger charge is -2.31. The third kappa shape index (κ3) is 4.35. The summed E-state index contributed by atoms with van der Waals surface area (Å²) in [5, 5.41) is 6.62. The van der Waals surface area contributed by atoms with Gasteiger partial charge in [-0.25, -0.2) is 17.7 Å². The van der Waals surface area contributed by atoms with Crippen molar-refractivity contribution in [1.29, 1.82) is 0 Å². The molecule has 7 nitrogen and oxygen atoms in total. The van der Waals surface area contributed by atoms with Gasteiger partial charge in [-0.15, -0.1) is 0 Å². The monoisotopic (exact) mass is 446 g/mol. The zero-order valence-electron chi connectivity index (χ0n) is 16.5. The molecular formula is C21H23ClN4O3S. The average molecular weight is 447 g/mol. The van der Waals surface area contributed by atoms with E-state index in [1.807, 2.05) is 30.3 Å². The Balaban J connectivity index is 1.56. The molecule has 2 aliphatic heterocycles. The summed E-state index contributed by atoms with van der Waals surface area (Å²) in [6.07, 6.45) is 7.49. The highest BCUT2D eigenvalue weighted by molar-refractivity contribution is 7.88. The van der Waals surface area contributed by atoms with E-state index in [9.17, 15) is 13.2 Å². The Labute approximate surface area is 181 Å². The van der Waals surface area contributed by atoms with Gasteiger partial charge in [-0.05, 0) is 60.4 Å². The van der Waals surface area contributed by atoms with Crippen molar-refractivity contribution < 1.29 is 13.2 Å². The predicted molar refractivity (Wildman–Crippen MR) is 118 cm³/mol. The van der Waals surface area contributed by atoms with Crippen LogP contribution in [0.15, 0.2) is 36.5 Å². The Morgan fingerprint density at radius 3 is 2.77 bits per heavy atom. The molecule has 0 aliphatic carbocycles. The molecule has 2 N–H and O–H groups in total. The highest BCUT2D eigenvalue weighted by atomic mass is 35.5. The van der Waals surface area contributed by atoms with Gasteiger partial charge in [-0.2, -0.15) is 0 Å². The molecule has 0 bridgehead atoms. The van der Waals surface area contributed by atoms with Crippen LogP contribution in [-0.4, -0.2) is 43.3 Å². The summed E-state index contributed by atoms with van der Waals surface area (Å²) < 4.78 is 25.3. The molecule has 30 heavy (non-hydrogen) atoms. The molecule has 0 radical (unpaired) electrons. The summed E-state index contributed by atoms with van der Waals surface area (Å²) in [5.41, 5.74) is 3.50. The largest absolute Gasteiger partial charge is 0.378 e. The molecule has 3 heterocycles. The number of halogens is 1. The number of aldehydes is 1. The van der Waals surface area contributed by atoms with Crippen LogP contribution >= 0.6 is 11.6 Å². The van der Waals surface area contributed by atoms with E-state index in [0.29, 0.717) is 24.1 Å². The van der Waals surface area contributed by atoms with Gasteiger partial charge in [0.1, 0.15) is 23.3 Å². The Bertz CT molecular complexity index is 1090. The van der Waals surface area contributed by atoms with Crippen LogP contribution in [0.25, 0.3) is 6.08 Å². The number of carbonyl (C=O) groups is 1. The molecule has 2 aliphatic rings. The maximum atomic E-state index is 11.9. The number of carbonyl (C=O) groups excluding carboxylic acids is 1. The number of hydrogen-bond donors (Lipinski definition) is 2. The fraction of sp³-hybridized carbons (Fsp3) is 0.333. The number of anilines is 2. The van der Waals surface area contributed by atoms with Gasteiger partial charge in [-0.3, -0.25) is 0 Å². The smallest absolute Gasteiger partial charge is 0.211 e. The minimum absolute atomic E-state index is 0.174. The van der Waals surface area contributed by atoms with Gasteiger partial charge in [0.05, 0.1) is 6.26 Å². The summed E-state index contributed by atoms with van der Waals surface area (Å²) in [4.78, 5) is 15.9. The van der Waals surface area contributed by atoms with E-state index >= 15 is 0 Å². The minimum Gasteiger partial charge on any atom is -0.378 e. The SMILES string of the molecule is CS(=O)(=O)N1CCCC(c2ccc(Nc3nc(Cl)cc4c3C(C=O)NC=C4)cc2)C1. The number of nitrogens with zero attached hydrogens (tertiary/aromatic N) is 2.